The zero-order chi connectivity index (χ0) is 13.8. The van der Waals surface area contributed by atoms with Gasteiger partial charge in [-0.1, -0.05) is 13.3 Å². The minimum absolute atomic E-state index is 0.278. The van der Waals surface area contributed by atoms with Gasteiger partial charge in [0, 0.05) is 24.6 Å². The first-order chi connectivity index (χ1) is 9.11. The van der Waals surface area contributed by atoms with Crippen molar-refractivity contribution in [3.63, 3.8) is 0 Å². The van der Waals surface area contributed by atoms with Crippen molar-refractivity contribution < 1.29 is 4.39 Å². The normalized spacial score (nSPS) is 10.7. The Labute approximate surface area is 121 Å². The highest BCUT2D eigenvalue weighted by Gasteiger charge is 2.08. The molecule has 0 radical (unpaired) electrons. The van der Waals surface area contributed by atoms with Gasteiger partial charge in [-0.15, -0.1) is 0 Å². The fourth-order valence-corrected chi connectivity index (χ4v) is 2.30. The highest BCUT2D eigenvalue weighted by Crippen LogP contribution is 2.26. The molecule has 2 aromatic rings. The zero-order valence-corrected chi connectivity index (χ0v) is 12.7. The number of hydrogen-bond acceptors (Lipinski definition) is 2. The summed E-state index contributed by atoms with van der Waals surface area (Å²) in [6.07, 6.45) is 5.91. The first kappa shape index (κ1) is 14.1. The van der Waals surface area contributed by atoms with Gasteiger partial charge in [-0.3, -0.25) is 0 Å². The van der Waals surface area contributed by atoms with Gasteiger partial charge in [0.15, 0.2) is 0 Å². The average Bonchev–Trinajstić information content (AvgIpc) is 2.81. The maximum atomic E-state index is 13.6. The average molecular weight is 326 g/mol. The minimum Gasteiger partial charge on any atom is -0.325 e. The molecule has 0 aliphatic rings. The van der Waals surface area contributed by atoms with E-state index in [2.05, 4.69) is 33.2 Å². The van der Waals surface area contributed by atoms with E-state index in [0.717, 1.165) is 36.6 Å². The van der Waals surface area contributed by atoms with E-state index in [1.54, 1.807) is 12.3 Å². The first-order valence-electron chi connectivity index (χ1n) is 6.35. The van der Waals surface area contributed by atoms with Crippen LogP contribution in [0.5, 0.6) is 0 Å². The summed E-state index contributed by atoms with van der Waals surface area (Å²) >= 11 is 3.18. The molecule has 1 heterocycles. The number of imidazole rings is 1. The Kier molecular flexibility index (Phi) is 4.58. The lowest BCUT2D eigenvalue weighted by Crippen LogP contribution is -2.04. The number of nitrogens with one attached hydrogen (secondary N) is 1. The van der Waals surface area contributed by atoms with Crippen molar-refractivity contribution in [3.05, 3.63) is 40.4 Å². The summed E-state index contributed by atoms with van der Waals surface area (Å²) in [7, 11) is 0. The van der Waals surface area contributed by atoms with Crippen LogP contribution in [-0.2, 0) is 6.54 Å². The van der Waals surface area contributed by atoms with E-state index in [-0.39, 0.29) is 5.82 Å². The maximum absolute atomic E-state index is 13.6. The number of unbranched alkanes of at least 4 members (excludes halogenated alkanes) is 1. The van der Waals surface area contributed by atoms with Crippen LogP contribution in [-0.4, -0.2) is 9.55 Å². The Morgan fingerprint density at radius 1 is 1.42 bits per heavy atom. The van der Waals surface area contributed by atoms with E-state index in [1.807, 2.05) is 17.7 Å². The minimum atomic E-state index is -0.278. The van der Waals surface area contributed by atoms with Crippen LogP contribution < -0.4 is 5.32 Å². The van der Waals surface area contributed by atoms with E-state index < -0.39 is 0 Å². The molecular weight excluding hydrogens is 309 g/mol. The highest BCUT2D eigenvalue weighted by molar-refractivity contribution is 9.10. The molecule has 19 heavy (non-hydrogen) atoms. The van der Waals surface area contributed by atoms with Crippen molar-refractivity contribution >= 4 is 27.6 Å². The molecule has 0 aliphatic carbocycles. The van der Waals surface area contributed by atoms with Gasteiger partial charge in [0.2, 0.25) is 5.95 Å². The van der Waals surface area contributed by atoms with Crippen LogP contribution >= 0.6 is 15.9 Å². The fraction of sp³-hybridized carbons (Fsp3) is 0.357. The van der Waals surface area contributed by atoms with Gasteiger partial charge in [0.1, 0.15) is 5.82 Å². The fourth-order valence-electron chi connectivity index (χ4n) is 1.84. The van der Waals surface area contributed by atoms with Gasteiger partial charge < -0.3 is 9.88 Å². The van der Waals surface area contributed by atoms with E-state index >= 15 is 0 Å². The lowest BCUT2D eigenvalue weighted by Gasteiger charge is -2.12. The predicted molar refractivity (Wildman–Crippen MR) is 79.3 cm³/mol. The second-order valence-electron chi connectivity index (χ2n) is 4.50. The summed E-state index contributed by atoms with van der Waals surface area (Å²) in [5.74, 6) is 0.470. The van der Waals surface area contributed by atoms with Crippen LogP contribution in [0.2, 0.25) is 0 Å². The molecule has 2 rings (SSSR count). The van der Waals surface area contributed by atoms with E-state index in [1.165, 1.54) is 6.07 Å². The Balaban J connectivity index is 2.21. The summed E-state index contributed by atoms with van der Waals surface area (Å²) < 4.78 is 16.1. The van der Waals surface area contributed by atoms with Gasteiger partial charge >= 0.3 is 0 Å². The molecule has 0 amide bonds. The van der Waals surface area contributed by atoms with Crippen LogP contribution in [0.1, 0.15) is 25.3 Å². The number of anilines is 2. The number of hydrogen-bond donors (Lipinski definition) is 1. The molecule has 1 aromatic heterocycles. The van der Waals surface area contributed by atoms with Crippen molar-refractivity contribution in [3.8, 4) is 0 Å². The van der Waals surface area contributed by atoms with Crippen molar-refractivity contribution in [2.75, 3.05) is 5.32 Å². The van der Waals surface area contributed by atoms with Crippen molar-refractivity contribution in [1.82, 2.24) is 9.55 Å². The summed E-state index contributed by atoms with van der Waals surface area (Å²) in [5.41, 5.74) is 1.71. The summed E-state index contributed by atoms with van der Waals surface area (Å²) in [6.45, 7) is 5.00. The molecule has 0 unspecified atom stereocenters. The third-order valence-corrected chi connectivity index (χ3v) is 3.59. The van der Waals surface area contributed by atoms with Crippen molar-refractivity contribution in [2.24, 2.45) is 0 Å². The third kappa shape index (κ3) is 3.35. The van der Waals surface area contributed by atoms with Crippen LogP contribution in [0.4, 0.5) is 16.0 Å². The summed E-state index contributed by atoms with van der Waals surface area (Å²) in [5, 5.41) is 3.19. The number of halogens is 2. The molecule has 0 saturated carbocycles. The maximum Gasteiger partial charge on any atom is 0.207 e. The molecule has 1 N–H and O–H groups in total. The van der Waals surface area contributed by atoms with E-state index in [9.17, 15) is 4.39 Å². The molecule has 0 fully saturated rings. The predicted octanol–water partition coefficient (Wildman–Crippen LogP) is 4.64. The molecule has 0 bridgehead atoms. The molecule has 0 spiro atoms. The molecule has 102 valence electrons. The van der Waals surface area contributed by atoms with Crippen molar-refractivity contribution in [1.29, 1.82) is 0 Å². The Bertz CT molecular complexity index is 566. The molecule has 0 aliphatic heterocycles. The highest BCUT2D eigenvalue weighted by atomic mass is 79.9. The van der Waals surface area contributed by atoms with Crippen LogP contribution in [0, 0.1) is 12.7 Å². The number of nitrogens with zero attached hydrogens (tertiary/aromatic N) is 2. The van der Waals surface area contributed by atoms with Gasteiger partial charge in [-0.25, -0.2) is 9.37 Å². The van der Waals surface area contributed by atoms with Crippen LogP contribution in [0.15, 0.2) is 29.0 Å². The quantitative estimate of drug-likeness (QED) is 0.868. The van der Waals surface area contributed by atoms with E-state index in [0.29, 0.717) is 4.47 Å². The van der Waals surface area contributed by atoms with Crippen LogP contribution in [0.25, 0.3) is 0 Å². The smallest absolute Gasteiger partial charge is 0.207 e. The van der Waals surface area contributed by atoms with Crippen molar-refractivity contribution in [2.45, 2.75) is 33.2 Å². The first-order valence-corrected chi connectivity index (χ1v) is 7.15. The molecule has 0 saturated heterocycles. The van der Waals surface area contributed by atoms with Gasteiger partial charge in [-0.2, -0.15) is 0 Å². The van der Waals surface area contributed by atoms with Gasteiger partial charge in [-0.05, 0) is 47.0 Å². The standard InChI is InChI=1S/C14H17BrFN3/c1-3-4-6-19-7-5-17-14(19)18-13-9-12(16)11(15)8-10(13)2/h5,7-9H,3-4,6H2,1-2H3,(H,17,18). The topological polar surface area (TPSA) is 29.9 Å². The second kappa shape index (κ2) is 6.19. The molecule has 3 nitrogen and oxygen atoms in total. The number of benzene rings is 1. The number of rotatable bonds is 5. The Morgan fingerprint density at radius 2 is 2.21 bits per heavy atom. The Morgan fingerprint density at radius 3 is 2.95 bits per heavy atom. The Hall–Kier alpha value is -1.36. The zero-order valence-electron chi connectivity index (χ0n) is 11.1. The third-order valence-electron chi connectivity index (χ3n) is 2.98. The van der Waals surface area contributed by atoms with Gasteiger partial charge in [0.25, 0.3) is 0 Å². The summed E-state index contributed by atoms with van der Waals surface area (Å²) in [4.78, 5) is 4.28. The van der Waals surface area contributed by atoms with Gasteiger partial charge in [0.05, 0.1) is 4.47 Å². The largest absolute Gasteiger partial charge is 0.325 e. The SMILES string of the molecule is CCCCn1ccnc1Nc1cc(F)c(Br)cc1C. The monoisotopic (exact) mass is 325 g/mol. The lowest BCUT2D eigenvalue weighted by atomic mass is 10.2. The van der Waals surface area contributed by atoms with E-state index in [4.69, 9.17) is 0 Å². The second-order valence-corrected chi connectivity index (χ2v) is 5.36. The lowest BCUT2D eigenvalue weighted by molar-refractivity contribution is 0.620. The number of aromatic nitrogens is 2. The van der Waals surface area contributed by atoms with Crippen LogP contribution in [0.3, 0.4) is 0 Å². The molecule has 5 heteroatoms. The molecule has 1 aromatic carbocycles. The molecule has 0 atom stereocenters. The summed E-state index contributed by atoms with van der Waals surface area (Å²) in [6, 6.07) is 3.25. The molecular formula is C14H17BrFN3. The number of aryl methyl sites for hydroxylation is 2.